The van der Waals surface area contributed by atoms with Gasteiger partial charge >= 0.3 is 0 Å². The summed E-state index contributed by atoms with van der Waals surface area (Å²) in [4.78, 5) is 18.5. The summed E-state index contributed by atoms with van der Waals surface area (Å²) in [5.41, 5.74) is 2.55. The van der Waals surface area contributed by atoms with Crippen LogP contribution < -0.4 is 4.74 Å². The number of unbranched alkanes of at least 4 members (excludes halogenated alkanes) is 1. The van der Waals surface area contributed by atoms with Crippen LogP contribution in [0.4, 0.5) is 0 Å². The fourth-order valence-corrected chi connectivity index (χ4v) is 3.31. The molecule has 0 spiro atoms. The molecule has 0 atom stereocenters. The molecule has 0 unspecified atom stereocenters. The van der Waals surface area contributed by atoms with E-state index >= 15 is 0 Å². The van der Waals surface area contributed by atoms with E-state index in [0.717, 1.165) is 35.5 Å². The van der Waals surface area contributed by atoms with Crippen molar-refractivity contribution in [2.75, 3.05) is 13.2 Å². The Labute approximate surface area is 184 Å². The maximum absolute atomic E-state index is 13.3. The predicted molar refractivity (Wildman–Crippen MR) is 122 cm³/mol. The van der Waals surface area contributed by atoms with Crippen LogP contribution in [0.5, 0.6) is 5.75 Å². The summed E-state index contributed by atoms with van der Waals surface area (Å²) < 4.78 is 11.4. The summed E-state index contributed by atoms with van der Waals surface area (Å²) >= 11 is 0. The highest BCUT2D eigenvalue weighted by Gasteiger charge is 2.21. The van der Waals surface area contributed by atoms with Crippen molar-refractivity contribution in [3.05, 3.63) is 89.5 Å². The number of furan rings is 1. The molecule has 0 saturated carbocycles. The van der Waals surface area contributed by atoms with Gasteiger partial charge in [0.15, 0.2) is 0 Å². The van der Waals surface area contributed by atoms with Crippen LogP contribution in [0.1, 0.15) is 42.6 Å². The summed E-state index contributed by atoms with van der Waals surface area (Å²) in [6.45, 7) is 12.4. The van der Waals surface area contributed by atoms with Gasteiger partial charge in [-0.1, -0.05) is 30.3 Å². The van der Waals surface area contributed by atoms with Crippen LogP contribution in [0, 0.1) is 6.57 Å². The Balaban J connectivity index is 1.71. The van der Waals surface area contributed by atoms with Crippen molar-refractivity contribution in [1.82, 2.24) is 4.90 Å². The van der Waals surface area contributed by atoms with E-state index in [1.165, 1.54) is 0 Å². The van der Waals surface area contributed by atoms with Gasteiger partial charge in [0.1, 0.15) is 11.5 Å². The number of rotatable bonds is 10. The number of hydrogen-bond acceptors (Lipinski definition) is 3. The fraction of sp³-hybridized carbons (Fsp3) is 0.308. The van der Waals surface area contributed by atoms with Crippen LogP contribution in [0.2, 0.25) is 0 Å². The Morgan fingerprint density at radius 3 is 2.52 bits per heavy atom. The van der Waals surface area contributed by atoms with Crippen molar-refractivity contribution >= 4 is 5.91 Å². The molecule has 0 fully saturated rings. The summed E-state index contributed by atoms with van der Waals surface area (Å²) in [6.07, 6.45) is 3.31. The Morgan fingerprint density at radius 2 is 1.84 bits per heavy atom. The van der Waals surface area contributed by atoms with Gasteiger partial charge in [0, 0.05) is 35.7 Å². The van der Waals surface area contributed by atoms with Crippen molar-refractivity contribution in [3.63, 3.8) is 0 Å². The zero-order valence-electron chi connectivity index (χ0n) is 18.1. The van der Waals surface area contributed by atoms with Crippen molar-refractivity contribution in [3.8, 4) is 17.1 Å². The maximum Gasteiger partial charge on any atom is 0.254 e. The van der Waals surface area contributed by atoms with Gasteiger partial charge in [0.05, 0.1) is 12.9 Å². The van der Waals surface area contributed by atoms with E-state index in [0.29, 0.717) is 25.3 Å². The molecule has 0 saturated heterocycles. The molecular weight excluding hydrogens is 388 g/mol. The highest BCUT2D eigenvalue weighted by atomic mass is 16.5. The first-order valence-corrected chi connectivity index (χ1v) is 10.6. The lowest BCUT2D eigenvalue weighted by atomic mass is 10.1. The van der Waals surface area contributed by atoms with Gasteiger partial charge in [0.2, 0.25) is 6.54 Å². The molecule has 5 nitrogen and oxygen atoms in total. The molecule has 1 amide bonds. The van der Waals surface area contributed by atoms with Crippen LogP contribution in [0.3, 0.4) is 0 Å². The molecule has 0 aliphatic rings. The number of para-hydroxylation sites is 1. The van der Waals surface area contributed by atoms with Crippen LogP contribution in [0.15, 0.2) is 71.3 Å². The first-order chi connectivity index (χ1) is 15.1. The molecule has 160 valence electrons. The van der Waals surface area contributed by atoms with E-state index in [1.807, 2.05) is 79.4 Å². The monoisotopic (exact) mass is 416 g/mol. The number of amides is 1. The molecule has 0 aliphatic carbocycles. The Bertz CT molecular complexity index is 1000. The standard InChI is InChI=1S/C26H28N2O3/c1-20(2)28(19-23-9-4-5-10-25(23)30-17-7-6-16-27-3)26(29)22-14-12-21(13-15-22)24-11-8-18-31-24/h4-5,8-15,18,20H,6-7,16-17,19H2,1-2H3. The van der Waals surface area contributed by atoms with Crippen LogP contribution in [-0.4, -0.2) is 30.0 Å². The predicted octanol–water partition coefficient (Wildman–Crippen LogP) is 6.08. The van der Waals surface area contributed by atoms with Crippen LogP contribution in [-0.2, 0) is 6.54 Å². The Hall–Kier alpha value is -3.52. The van der Waals surface area contributed by atoms with E-state index in [9.17, 15) is 4.79 Å². The molecule has 1 aromatic heterocycles. The minimum atomic E-state index is -0.0205. The van der Waals surface area contributed by atoms with E-state index in [2.05, 4.69) is 4.85 Å². The van der Waals surface area contributed by atoms with Gasteiger partial charge in [0.25, 0.3) is 5.91 Å². The van der Waals surface area contributed by atoms with Gasteiger partial charge in [-0.15, -0.1) is 0 Å². The fourth-order valence-electron chi connectivity index (χ4n) is 3.31. The third-order valence-corrected chi connectivity index (χ3v) is 5.06. The van der Waals surface area contributed by atoms with Gasteiger partial charge in [-0.25, -0.2) is 6.57 Å². The summed E-state index contributed by atoms with van der Waals surface area (Å²) in [5.74, 6) is 1.55. The van der Waals surface area contributed by atoms with Gasteiger partial charge in [-0.3, -0.25) is 4.79 Å². The van der Waals surface area contributed by atoms with Crippen molar-refractivity contribution in [1.29, 1.82) is 0 Å². The third-order valence-electron chi connectivity index (χ3n) is 5.06. The summed E-state index contributed by atoms with van der Waals surface area (Å²) in [5, 5.41) is 0. The second kappa shape index (κ2) is 11.0. The second-order valence-corrected chi connectivity index (χ2v) is 7.63. The molecule has 5 heteroatoms. The average molecular weight is 417 g/mol. The first-order valence-electron chi connectivity index (χ1n) is 10.6. The largest absolute Gasteiger partial charge is 0.493 e. The number of benzene rings is 2. The highest BCUT2D eigenvalue weighted by molar-refractivity contribution is 5.94. The summed E-state index contributed by atoms with van der Waals surface area (Å²) in [7, 11) is 0. The number of carbonyl (C=O) groups is 1. The van der Waals surface area contributed by atoms with Gasteiger partial charge < -0.3 is 18.9 Å². The van der Waals surface area contributed by atoms with Crippen molar-refractivity contribution in [2.24, 2.45) is 0 Å². The lowest BCUT2D eigenvalue weighted by Crippen LogP contribution is -2.36. The topological polar surface area (TPSA) is 47.0 Å². The molecule has 0 aliphatic heterocycles. The molecule has 3 rings (SSSR count). The Morgan fingerprint density at radius 1 is 1.06 bits per heavy atom. The van der Waals surface area contributed by atoms with E-state index in [4.69, 9.17) is 15.7 Å². The molecule has 0 bridgehead atoms. The SMILES string of the molecule is [C-]#[N+]CCCCOc1ccccc1CN(C(=O)c1ccc(-c2ccco2)cc1)C(C)C. The lowest BCUT2D eigenvalue weighted by Gasteiger charge is -2.28. The second-order valence-electron chi connectivity index (χ2n) is 7.63. The molecular formula is C26H28N2O3. The minimum absolute atomic E-state index is 0.0205. The van der Waals surface area contributed by atoms with E-state index < -0.39 is 0 Å². The van der Waals surface area contributed by atoms with Crippen LogP contribution in [0.25, 0.3) is 16.2 Å². The Kier molecular flexibility index (Phi) is 7.89. The normalized spacial score (nSPS) is 10.6. The quantitative estimate of drug-likeness (QED) is 0.297. The number of carbonyl (C=O) groups excluding carboxylic acids is 1. The molecule has 31 heavy (non-hydrogen) atoms. The highest BCUT2D eigenvalue weighted by Crippen LogP contribution is 2.24. The summed E-state index contributed by atoms with van der Waals surface area (Å²) in [6, 6.07) is 19.1. The molecule has 2 aromatic carbocycles. The van der Waals surface area contributed by atoms with Gasteiger partial charge in [-0.05, 0) is 50.6 Å². The molecule has 0 radical (unpaired) electrons. The maximum atomic E-state index is 13.3. The first kappa shape index (κ1) is 22.2. The van der Waals surface area contributed by atoms with E-state index in [-0.39, 0.29) is 11.9 Å². The minimum Gasteiger partial charge on any atom is -0.493 e. The van der Waals surface area contributed by atoms with Crippen molar-refractivity contribution in [2.45, 2.75) is 39.3 Å². The number of hydrogen-bond donors (Lipinski definition) is 0. The van der Waals surface area contributed by atoms with Crippen molar-refractivity contribution < 1.29 is 13.9 Å². The number of nitrogens with zero attached hydrogens (tertiary/aromatic N) is 2. The molecule has 3 aromatic rings. The average Bonchev–Trinajstić information content (AvgIpc) is 3.32. The zero-order chi connectivity index (χ0) is 22.1. The lowest BCUT2D eigenvalue weighted by molar-refractivity contribution is 0.0688. The smallest absolute Gasteiger partial charge is 0.254 e. The zero-order valence-corrected chi connectivity index (χ0v) is 18.1. The number of ether oxygens (including phenoxy) is 1. The van der Waals surface area contributed by atoms with E-state index in [1.54, 1.807) is 6.26 Å². The van der Waals surface area contributed by atoms with Gasteiger partial charge in [-0.2, -0.15) is 0 Å². The molecule has 1 heterocycles. The van der Waals surface area contributed by atoms with Crippen LogP contribution >= 0.6 is 0 Å². The molecule has 0 N–H and O–H groups in total. The third kappa shape index (κ3) is 5.99.